The van der Waals surface area contributed by atoms with Gasteiger partial charge in [-0.2, -0.15) is 4.98 Å². The van der Waals surface area contributed by atoms with E-state index in [0.717, 1.165) is 48.9 Å². The largest absolute Gasteiger partial charge is 0.497 e. The van der Waals surface area contributed by atoms with Gasteiger partial charge in [0.2, 0.25) is 5.95 Å². The van der Waals surface area contributed by atoms with E-state index < -0.39 is 0 Å². The minimum atomic E-state index is 0.627. The lowest BCUT2D eigenvalue weighted by atomic mass is 10.3. The van der Waals surface area contributed by atoms with Gasteiger partial charge in [-0.3, -0.25) is 0 Å². The first-order valence-corrected chi connectivity index (χ1v) is 8.18. The third-order valence-corrected chi connectivity index (χ3v) is 3.50. The van der Waals surface area contributed by atoms with E-state index in [1.54, 1.807) is 7.11 Å². The fourth-order valence-corrected chi connectivity index (χ4v) is 2.45. The summed E-state index contributed by atoms with van der Waals surface area (Å²) in [5, 5.41) is 3.27. The molecule has 5 heteroatoms. The van der Waals surface area contributed by atoms with Crippen molar-refractivity contribution in [2.24, 2.45) is 0 Å². The predicted octanol–water partition coefficient (Wildman–Crippen LogP) is 4.16. The average Bonchev–Trinajstić information content (AvgIpc) is 2.55. The Kier molecular flexibility index (Phi) is 6.20. The van der Waals surface area contributed by atoms with Gasteiger partial charge in [0.1, 0.15) is 11.6 Å². The van der Waals surface area contributed by atoms with Crippen molar-refractivity contribution in [3.63, 3.8) is 0 Å². The number of hydrogen-bond acceptors (Lipinski definition) is 5. The summed E-state index contributed by atoms with van der Waals surface area (Å²) in [6, 6.07) is 9.80. The molecule has 0 spiro atoms. The Balaban J connectivity index is 2.21. The Morgan fingerprint density at radius 1 is 1.04 bits per heavy atom. The third kappa shape index (κ3) is 4.84. The lowest BCUT2D eigenvalue weighted by Gasteiger charge is -2.23. The monoisotopic (exact) mass is 314 g/mol. The van der Waals surface area contributed by atoms with Crippen molar-refractivity contribution in [3.05, 3.63) is 36.0 Å². The molecular formula is C18H26N4O. The molecular weight excluding hydrogens is 288 g/mol. The number of benzene rings is 1. The zero-order valence-corrected chi connectivity index (χ0v) is 14.5. The zero-order valence-electron chi connectivity index (χ0n) is 14.5. The maximum absolute atomic E-state index is 5.18. The first kappa shape index (κ1) is 17.1. The van der Waals surface area contributed by atoms with Gasteiger partial charge in [-0.05, 0) is 44.0 Å². The summed E-state index contributed by atoms with van der Waals surface area (Å²) in [4.78, 5) is 11.5. The molecule has 124 valence electrons. The number of aromatic nitrogens is 2. The molecule has 5 nitrogen and oxygen atoms in total. The molecule has 1 aromatic heterocycles. The van der Waals surface area contributed by atoms with E-state index in [-0.39, 0.29) is 0 Å². The molecule has 0 amide bonds. The van der Waals surface area contributed by atoms with Crippen LogP contribution in [0.25, 0.3) is 0 Å². The highest BCUT2D eigenvalue weighted by atomic mass is 16.5. The summed E-state index contributed by atoms with van der Waals surface area (Å²) in [5.41, 5.74) is 1.91. The van der Waals surface area contributed by atoms with Crippen LogP contribution in [0.1, 0.15) is 32.4 Å². The van der Waals surface area contributed by atoms with Crippen LogP contribution >= 0.6 is 0 Å². The zero-order chi connectivity index (χ0) is 16.7. The van der Waals surface area contributed by atoms with Crippen molar-refractivity contribution >= 4 is 17.5 Å². The molecule has 0 bridgehead atoms. The Labute approximate surface area is 138 Å². The number of rotatable bonds is 8. The number of hydrogen-bond donors (Lipinski definition) is 1. The van der Waals surface area contributed by atoms with E-state index in [1.165, 1.54) is 0 Å². The van der Waals surface area contributed by atoms with Gasteiger partial charge in [0.15, 0.2) is 0 Å². The first-order chi connectivity index (χ1) is 11.2. The van der Waals surface area contributed by atoms with Crippen molar-refractivity contribution < 1.29 is 4.74 Å². The average molecular weight is 314 g/mol. The summed E-state index contributed by atoms with van der Waals surface area (Å²) < 4.78 is 5.18. The molecule has 0 fully saturated rings. The van der Waals surface area contributed by atoms with E-state index in [9.17, 15) is 0 Å². The van der Waals surface area contributed by atoms with Gasteiger partial charge >= 0.3 is 0 Å². The summed E-state index contributed by atoms with van der Waals surface area (Å²) in [6.45, 7) is 8.39. The maximum Gasteiger partial charge on any atom is 0.229 e. The highest BCUT2D eigenvalue weighted by Crippen LogP contribution is 2.21. The van der Waals surface area contributed by atoms with Gasteiger partial charge in [-0.1, -0.05) is 13.8 Å². The molecule has 1 aromatic carbocycles. The second kappa shape index (κ2) is 8.36. The standard InChI is InChI=1S/C18H26N4O/c1-5-11-22(12-6-2)17-13-14(3)19-18(21-17)20-15-7-9-16(23-4)10-8-15/h7-10,13H,5-6,11-12H2,1-4H3,(H,19,20,21). The van der Waals surface area contributed by atoms with Crippen LogP contribution in [0.15, 0.2) is 30.3 Å². The normalized spacial score (nSPS) is 10.4. The van der Waals surface area contributed by atoms with Gasteiger partial charge in [0.25, 0.3) is 0 Å². The smallest absolute Gasteiger partial charge is 0.229 e. The van der Waals surface area contributed by atoms with E-state index in [1.807, 2.05) is 37.3 Å². The van der Waals surface area contributed by atoms with E-state index in [0.29, 0.717) is 5.95 Å². The molecule has 1 heterocycles. The van der Waals surface area contributed by atoms with Crippen LogP contribution in [0, 0.1) is 6.92 Å². The second-order valence-electron chi connectivity index (χ2n) is 5.53. The Morgan fingerprint density at radius 3 is 2.26 bits per heavy atom. The number of nitrogens with zero attached hydrogens (tertiary/aromatic N) is 3. The molecule has 0 aliphatic rings. The molecule has 0 atom stereocenters. The van der Waals surface area contributed by atoms with E-state index in [4.69, 9.17) is 4.74 Å². The quantitative estimate of drug-likeness (QED) is 0.792. The molecule has 0 saturated carbocycles. The number of aryl methyl sites for hydroxylation is 1. The second-order valence-corrected chi connectivity index (χ2v) is 5.53. The van der Waals surface area contributed by atoms with Gasteiger partial charge in [0.05, 0.1) is 7.11 Å². The van der Waals surface area contributed by atoms with Gasteiger partial charge in [0, 0.05) is 30.5 Å². The molecule has 0 radical (unpaired) electrons. The lowest BCUT2D eigenvalue weighted by molar-refractivity contribution is 0.415. The molecule has 1 N–H and O–H groups in total. The fourth-order valence-electron chi connectivity index (χ4n) is 2.45. The van der Waals surface area contributed by atoms with Crippen LogP contribution in [0.2, 0.25) is 0 Å². The Hall–Kier alpha value is -2.30. The van der Waals surface area contributed by atoms with Gasteiger partial charge in [-0.15, -0.1) is 0 Å². The highest BCUT2D eigenvalue weighted by molar-refractivity contribution is 5.56. The highest BCUT2D eigenvalue weighted by Gasteiger charge is 2.09. The van der Waals surface area contributed by atoms with Crippen LogP contribution in [-0.2, 0) is 0 Å². The molecule has 0 saturated heterocycles. The number of methoxy groups -OCH3 is 1. The first-order valence-electron chi connectivity index (χ1n) is 8.18. The Bertz CT molecular complexity index is 607. The summed E-state index contributed by atoms with van der Waals surface area (Å²) in [7, 11) is 1.66. The lowest BCUT2D eigenvalue weighted by Crippen LogP contribution is -2.26. The molecule has 0 aliphatic carbocycles. The minimum Gasteiger partial charge on any atom is -0.497 e. The SMILES string of the molecule is CCCN(CCC)c1cc(C)nc(Nc2ccc(OC)cc2)n1. The van der Waals surface area contributed by atoms with Crippen LogP contribution < -0.4 is 15.0 Å². The van der Waals surface area contributed by atoms with Crippen LogP contribution in [-0.4, -0.2) is 30.2 Å². The van der Waals surface area contributed by atoms with Gasteiger partial charge in [-0.25, -0.2) is 4.98 Å². The molecule has 23 heavy (non-hydrogen) atoms. The summed E-state index contributed by atoms with van der Waals surface area (Å²) in [5.74, 6) is 2.44. The molecule has 0 aliphatic heterocycles. The van der Waals surface area contributed by atoms with Crippen molar-refractivity contribution in [2.45, 2.75) is 33.6 Å². The molecule has 2 rings (SSSR count). The van der Waals surface area contributed by atoms with Crippen LogP contribution in [0.5, 0.6) is 5.75 Å². The van der Waals surface area contributed by atoms with Crippen molar-refractivity contribution in [1.29, 1.82) is 0 Å². The number of anilines is 3. The van der Waals surface area contributed by atoms with Crippen LogP contribution in [0.4, 0.5) is 17.5 Å². The fraction of sp³-hybridized carbons (Fsp3) is 0.444. The van der Waals surface area contributed by atoms with Crippen molar-refractivity contribution in [1.82, 2.24) is 9.97 Å². The third-order valence-electron chi connectivity index (χ3n) is 3.50. The van der Waals surface area contributed by atoms with E-state index in [2.05, 4.69) is 34.0 Å². The minimum absolute atomic E-state index is 0.627. The van der Waals surface area contributed by atoms with E-state index >= 15 is 0 Å². The number of ether oxygens (including phenoxy) is 1. The topological polar surface area (TPSA) is 50.3 Å². The van der Waals surface area contributed by atoms with Crippen LogP contribution in [0.3, 0.4) is 0 Å². The molecule has 0 unspecified atom stereocenters. The van der Waals surface area contributed by atoms with Gasteiger partial charge < -0.3 is 15.0 Å². The number of nitrogens with one attached hydrogen (secondary N) is 1. The van der Waals surface area contributed by atoms with Crippen molar-refractivity contribution in [3.8, 4) is 5.75 Å². The maximum atomic E-state index is 5.18. The predicted molar refractivity (Wildman–Crippen MR) is 95.8 cm³/mol. The summed E-state index contributed by atoms with van der Waals surface area (Å²) in [6.07, 6.45) is 2.20. The summed E-state index contributed by atoms with van der Waals surface area (Å²) >= 11 is 0. The molecule has 2 aromatic rings. The Morgan fingerprint density at radius 2 is 1.70 bits per heavy atom. The van der Waals surface area contributed by atoms with Crippen molar-refractivity contribution in [2.75, 3.05) is 30.4 Å².